The number of nitrogens with zero attached hydrogens (tertiary/aromatic N) is 1. The summed E-state index contributed by atoms with van der Waals surface area (Å²) in [6.45, 7) is 17.1. The maximum Gasteiger partial charge on any atom is 0.00160 e. The Labute approximate surface area is 115 Å². The maximum atomic E-state index is 5.22. The molecular formula is C12H21NY-2. The van der Waals surface area contributed by atoms with Gasteiger partial charge in [-0.2, -0.15) is 0 Å². The number of hydrogen-bond donors (Lipinski definition) is 0. The largest absolute Gasteiger partial charge is 0.394 e. The van der Waals surface area contributed by atoms with Crippen molar-refractivity contribution in [3.8, 4) is 0 Å². The van der Waals surface area contributed by atoms with E-state index in [1.54, 1.807) is 6.08 Å². The standard InChI is InChI=1S/C12H21N.Y/c1-6-8-9-10-13(7-2)11-12(3,4)5;/h1,6,8H,7,10-11H2,2-5H3;/q-2;. The molecule has 2 heteroatoms. The van der Waals surface area contributed by atoms with Crippen LogP contribution < -0.4 is 0 Å². The molecule has 0 aromatic carbocycles. The van der Waals surface area contributed by atoms with Crippen LogP contribution >= 0.6 is 0 Å². The van der Waals surface area contributed by atoms with Crippen LogP contribution in [0.15, 0.2) is 12.2 Å². The van der Waals surface area contributed by atoms with Crippen molar-refractivity contribution in [1.82, 2.24) is 4.90 Å². The van der Waals surface area contributed by atoms with E-state index in [-0.39, 0.29) is 32.7 Å². The van der Waals surface area contributed by atoms with Gasteiger partial charge in [0.25, 0.3) is 0 Å². The van der Waals surface area contributed by atoms with E-state index < -0.39 is 0 Å². The molecule has 0 bridgehead atoms. The minimum absolute atomic E-state index is 0. The Morgan fingerprint density at radius 1 is 1.36 bits per heavy atom. The molecule has 0 saturated carbocycles. The van der Waals surface area contributed by atoms with Crippen LogP contribution in [-0.2, 0) is 32.7 Å². The van der Waals surface area contributed by atoms with Crippen molar-refractivity contribution in [3.63, 3.8) is 0 Å². The molecule has 0 aromatic rings. The molecule has 0 atom stereocenters. The van der Waals surface area contributed by atoms with Crippen molar-refractivity contribution in [3.05, 3.63) is 24.8 Å². The summed E-state index contributed by atoms with van der Waals surface area (Å²) < 4.78 is 0. The summed E-state index contributed by atoms with van der Waals surface area (Å²) in [4.78, 5) is 2.35. The summed E-state index contributed by atoms with van der Waals surface area (Å²) in [6, 6.07) is 0. The summed E-state index contributed by atoms with van der Waals surface area (Å²) in [6.07, 6.45) is 6.42. The fourth-order valence-electron chi connectivity index (χ4n) is 1.20. The molecule has 1 nitrogen and oxygen atoms in total. The number of hydrogen-bond acceptors (Lipinski definition) is 1. The van der Waals surface area contributed by atoms with Gasteiger partial charge in [-0.25, -0.2) is 0 Å². The molecule has 79 valence electrons. The fraction of sp³-hybridized carbons (Fsp3) is 0.667. The van der Waals surface area contributed by atoms with E-state index in [0.29, 0.717) is 5.41 Å². The van der Waals surface area contributed by atoms with E-state index in [4.69, 9.17) is 6.58 Å². The van der Waals surface area contributed by atoms with Crippen molar-refractivity contribution >= 4 is 0 Å². The van der Waals surface area contributed by atoms with Crippen molar-refractivity contribution in [2.24, 2.45) is 5.41 Å². The van der Waals surface area contributed by atoms with Crippen LogP contribution in [0.4, 0.5) is 0 Å². The molecular weight excluding hydrogens is 247 g/mol. The van der Waals surface area contributed by atoms with Gasteiger partial charge in [-0.3, -0.25) is 0 Å². The number of rotatable bonds is 5. The van der Waals surface area contributed by atoms with Gasteiger partial charge >= 0.3 is 0 Å². The molecule has 0 spiro atoms. The molecule has 0 rings (SSSR count). The van der Waals surface area contributed by atoms with Gasteiger partial charge in [0.1, 0.15) is 0 Å². The molecule has 1 radical (unpaired) electrons. The van der Waals surface area contributed by atoms with E-state index in [1.807, 2.05) is 0 Å². The van der Waals surface area contributed by atoms with Gasteiger partial charge in [-0.1, -0.05) is 34.2 Å². The molecule has 0 aromatic heterocycles. The molecule has 0 fully saturated rings. The van der Waals surface area contributed by atoms with Gasteiger partial charge in [0, 0.05) is 39.3 Å². The van der Waals surface area contributed by atoms with E-state index in [0.717, 1.165) is 19.6 Å². The molecule has 0 aliphatic rings. The zero-order valence-electron chi connectivity index (χ0n) is 9.88. The van der Waals surface area contributed by atoms with Crippen molar-refractivity contribution in [1.29, 1.82) is 0 Å². The Balaban J connectivity index is 0. The molecule has 0 unspecified atom stereocenters. The normalized spacial score (nSPS) is 11.8. The van der Waals surface area contributed by atoms with E-state index in [1.165, 1.54) is 6.08 Å². The van der Waals surface area contributed by atoms with Gasteiger partial charge in [-0.05, 0) is 12.0 Å². The van der Waals surface area contributed by atoms with Crippen LogP contribution in [0, 0.1) is 18.1 Å². The Hall–Kier alpha value is 0.544. The second kappa shape index (κ2) is 8.82. The predicted octanol–water partition coefficient (Wildman–Crippen LogP) is 2.70. The van der Waals surface area contributed by atoms with Gasteiger partial charge in [-0.15, -0.1) is 0 Å². The van der Waals surface area contributed by atoms with Crippen LogP contribution in [-0.4, -0.2) is 24.5 Å². The Bertz CT molecular complexity index is 168. The average Bonchev–Trinajstić information content (AvgIpc) is 2.01. The third-order valence-electron chi connectivity index (χ3n) is 1.67. The smallest absolute Gasteiger partial charge is 0.00160 e. The van der Waals surface area contributed by atoms with Crippen molar-refractivity contribution in [2.75, 3.05) is 19.6 Å². The quantitative estimate of drug-likeness (QED) is 0.547. The SMILES string of the molecule is [CH-]=CC=[C-]CN(CC)CC(C)(C)C.[Y]. The third kappa shape index (κ3) is 10.6. The zero-order chi connectivity index (χ0) is 10.3. The Morgan fingerprint density at radius 3 is 2.29 bits per heavy atom. The Kier molecular flexibility index (Phi) is 10.7. The third-order valence-corrected chi connectivity index (χ3v) is 1.67. The number of allylic oxidation sites excluding steroid dienone is 2. The maximum absolute atomic E-state index is 5.22. The van der Waals surface area contributed by atoms with Crippen molar-refractivity contribution < 1.29 is 32.7 Å². The van der Waals surface area contributed by atoms with Gasteiger partial charge < -0.3 is 29.7 Å². The van der Waals surface area contributed by atoms with Gasteiger partial charge in [0.05, 0.1) is 0 Å². The van der Waals surface area contributed by atoms with E-state index in [9.17, 15) is 0 Å². The summed E-state index contributed by atoms with van der Waals surface area (Å²) in [5.74, 6) is 0. The van der Waals surface area contributed by atoms with Crippen LogP contribution in [0.3, 0.4) is 0 Å². The molecule has 0 N–H and O–H groups in total. The molecule has 0 aliphatic heterocycles. The molecule has 0 saturated heterocycles. The number of likely N-dealkylation sites (N-methyl/N-ethyl adjacent to an activating group) is 1. The second-order valence-corrected chi connectivity index (χ2v) is 4.43. The minimum atomic E-state index is 0. The van der Waals surface area contributed by atoms with Crippen LogP contribution in [0.25, 0.3) is 0 Å². The van der Waals surface area contributed by atoms with E-state index >= 15 is 0 Å². The minimum Gasteiger partial charge on any atom is -0.394 e. The first-order valence-corrected chi connectivity index (χ1v) is 4.82. The molecule has 0 aliphatic carbocycles. The van der Waals surface area contributed by atoms with Crippen molar-refractivity contribution in [2.45, 2.75) is 27.7 Å². The van der Waals surface area contributed by atoms with Crippen LogP contribution in [0.2, 0.25) is 0 Å². The summed E-state index contributed by atoms with van der Waals surface area (Å²) >= 11 is 0. The molecule has 0 amide bonds. The summed E-state index contributed by atoms with van der Waals surface area (Å²) in [5.41, 5.74) is 0.351. The Morgan fingerprint density at radius 2 is 1.93 bits per heavy atom. The van der Waals surface area contributed by atoms with Crippen LogP contribution in [0.1, 0.15) is 27.7 Å². The zero-order valence-corrected chi connectivity index (χ0v) is 12.7. The fourth-order valence-corrected chi connectivity index (χ4v) is 1.20. The average molecular weight is 268 g/mol. The first-order chi connectivity index (χ1) is 5.99. The van der Waals surface area contributed by atoms with Crippen LogP contribution in [0.5, 0.6) is 0 Å². The van der Waals surface area contributed by atoms with Gasteiger partial charge in [0.15, 0.2) is 0 Å². The van der Waals surface area contributed by atoms with E-state index in [2.05, 4.69) is 38.7 Å². The molecule has 0 heterocycles. The monoisotopic (exact) mass is 268 g/mol. The first kappa shape index (κ1) is 17.0. The first-order valence-electron chi connectivity index (χ1n) is 4.82. The predicted molar refractivity (Wildman–Crippen MR) is 58.3 cm³/mol. The summed E-state index contributed by atoms with van der Waals surface area (Å²) in [5, 5.41) is 0. The molecule has 14 heavy (non-hydrogen) atoms. The van der Waals surface area contributed by atoms with Gasteiger partial charge in [0.2, 0.25) is 0 Å². The topological polar surface area (TPSA) is 3.24 Å². The summed E-state index contributed by atoms with van der Waals surface area (Å²) in [7, 11) is 0. The second-order valence-electron chi connectivity index (χ2n) is 4.43.